The van der Waals surface area contributed by atoms with Gasteiger partial charge in [0, 0.05) is 18.0 Å². The van der Waals surface area contributed by atoms with Crippen molar-refractivity contribution in [3.05, 3.63) is 30.0 Å². The number of fused-ring (bicyclic) bond motifs is 1. The Hall–Kier alpha value is -1.97. The number of benzene rings is 1. The van der Waals surface area contributed by atoms with Crippen molar-refractivity contribution in [3.8, 4) is 5.75 Å². The van der Waals surface area contributed by atoms with E-state index in [2.05, 4.69) is 0 Å². The second-order valence-electron chi connectivity index (χ2n) is 3.91. The van der Waals surface area contributed by atoms with Crippen molar-refractivity contribution in [2.75, 3.05) is 7.11 Å². The van der Waals surface area contributed by atoms with Gasteiger partial charge in [-0.25, -0.2) is 4.79 Å². The van der Waals surface area contributed by atoms with Gasteiger partial charge in [-0.05, 0) is 24.6 Å². The van der Waals surface area contributed by atoms with E-state index in [1.807, 2.05) is 29.7 Å². The number of aromatic carboxylic acids is 1. The van der Waals surface area contributed by atoms with E-state index in [-0.39, 0.29) is 0 Å². The number of aromatic nitrogens is 1. The average molecular weight is 233 g/mol. The van der Waals surface area contributed by atoms with E-state index in [9.17, 15) is 4.79 Å². The fraction of sp³-hybridized carbons (Fsp3) is 0.308. The normalized spacial score (nSPS) is 10.7. The molecule has 1 N–H and O–H groups in total. The number of hydrogen-bond acceptors (Lipinski definition) is 2. The summed E-state index contributed by atoms with van der Waals surface area (Å²) in [5.41, 5.74) is 1.23. The van der Waals surface area contributed by atoms with Gasteiger partial charge in [-0.3, -0.25) is 0 Å². The molecule has 0 saturated heterocycles. The van der Waals surface area contributed by atoms with E-state index < -0.39 is 5.97 Å². The Bertz CT molecular complexity index is 557. The highest BCUT2D eigenvalue weighted by atomic mass is 16.5. The topological polar surface area (TPSA) is 51.5 Å². The summed E-state index contributed by atoms with van der Waals surface area (Å²) in [6.07, 6.45) is 0.890. The smallest absolute Gasteiger partial charge is 0.352 e. The van der Waals surface area contributed by atoms with Crippen LogP contribution in [0.15, 0.2) is 24.3 Å². The monoisotopic (exact) mass is 233 g/mol. The van der Waals surface area contributed by atoms with Gasteiger partial charge in [-0.15, -0.1) is 0 Å². The molecule has 1 aromatic carbocycles. The van der Waals surface area contributed by atoms with Crippen LogP contribution in [-0.2, 0) is 6.54 Å². The maximum Gasteiger partial charge on any atom is 0.352 e. The number of rotatable bonds is 4. The molecule has 0 radical (unpaired) electrons. The Morgan fingerprint density at radius 2 is 2.18 bits per heavy atom. The zero-order valence-corrected chi connectivity index (χ0v) is 9.93. The van der Waals surface area contributed by atoms with Crippen LogP contribution in [0.4, 0.5) is 0 Å². The van der Waals surface area contributed by atoms with Crippen molar-refractivity contribution in [1.82, 2.24) is 4.57 Å². The van der Waals surface area contributed by atoms with Gasteiger partial charge in [-0.1, -0.05) is 6.92 Å². The average Bonchev–Trinajstić information content (AvgIpc) is 2.68. The van der Waals surface area contributed by atoms with Crippen LogP contribution < -0.4 is 4.74 Å². The van der Waals surface area contributed by atoms with Crippen LogP contribution in [0.1, 0.15) is 23.8 Å². The molecule has 4 heteroatoms. The highest BCUT2D eigenvalue weighted by molar-refractivity contribution is 5.95. The molecule has 17 heavy (non-hydrogen) atoms. The van der Waals surface area contributed by atoms with Gasteiger partial charge < -0.3 is 14.4 Å². The predicted octanol–water partition coefficient (Wildman–Crippen LogP) is 2.76. The van der Waals surface area contributed by atoms with Crippen molar-refractivity contribution in [3.63, 3.8) is 0 Å². The quantitative estimate of drug-likeness (QED) is 0.883. The van der Waals surface area contributed by atoms with Crippen molar-refractivity contribution in [2.45, 2.75) is 19.9 Å². The number of carboxylic acids is 1. The van der Waals surface area contributed by atoms with Gasteiger partial charge in [0.2, 0.25) is 0 Å². The molecule has 0 amide bonds. The van der Waals surface area contributed by atoms with E-state index in [0.717, 1.165) is 23.1 Å². The fourth-order valence-electron chi connectivity index (χ4n) is 2.00. The predicted molar refractivity (Wildman–Crippen MR) is 65.7 cm³/mol. The zero-order chi connectivity index (χ0) is 12.4. The molecule has 0 fully saturated rings. The van der Waals surface area contributed by atoms with Crippen molar-refractivity contribution in [2.24, 2.45) is 0 Å². The minimum atomic E-state index is -0.895. The lowest BCUT2D eigenvalue weighted by atomic mass is 10.2. The molecular formula is C13H15NO3. The number of hydrogen-bond donors (Lipinski definition) is 1. The molecule has 0 saturated carbocycles. The summed E-state index contributed by atoms with van der Waals surface area (Å²) in [6, 6.07) is 7.29. The molecule has 0 atom stereocenters. The first kappa shape index (κ1) is 11.5. The Labute approximate surface area is 99.4 Å². The van der Waals surface area contributed by atoms with Crippen LogP contribution in [0.25, 0.3) is 10.9 Å². The molecule has 2 rings (SSSR count). The number of nitrogens with zero attached hydrogens (tertiary/aromatic N) is 1. The van der Waals surface area contributed by atoms with Gasteiger partial charge in [0.25, 0.3) is 0 Å². The first-order valence-electron chi connectivity index (χ1n) is 5.58. The minimum absolute atomic E-state index is 0.329. The van der Waals surface area contributed by atoms with E-state index in [1.54, 1.807) is 13.2 Å². The molecule has 0 bridgehead atoms. The van der Waals surface area contributed by atoms with Crippen molar-refractivity contribution < 1.29 is 14.6 Å². The van der Waals surface area contributed by atoms with E-state index >= 15 is 0 Å². The van der Waals surface area contributed by atoms with Gasteiger partial charge >= 0.3 is 5.97 Å². The van der Waals surface area contributed by atoms with E-state index in [0.29, 0.717) is 12.2 Å². The molecule has 0 aliphatic carbocycles. The maximum absolute atomic E-state index is 11.2. The van der Waals surface area contributed by atoms with Crippen LogP contribution in [0.3, 0.4) is 0 Å². The van der Waals surface area contributed by atoms with Gasteiger partial charge in [0.05, 0.1) is 12.6 Å². The first-order valence-corrected chi connectivity index (χ1v) is 5.58. The second-order valence-corrected chi connectivity index (χ2v) is 3.91. The van der Waals surface area contributed by atoms with Crippen LogP contribution in [0.5, 0.6) is 5.75 Å². The summed E-state index contributed by atoms with van der Waals surface area (Å²) in [5.74, 6) is -0.154. The lowest BCUT2D eigenvalue weighted by Crippen LogP contribution is -2.07. The third-order valence-corrected chi connectivity index (χ3v) is 2.78. The van der Waals surface area contributed by atoms with Crippen LogP contribution in [0, 0.1) is 0 Å². The molecular weight excluding hydrogens is 218 g/mol. The maximum atomic E-state index is 11.2. The number of carbonyl (C=O) groups is 1. The Balaban J connectivity index is 2.67. The second kappa shape index (κ2) is 4.49. The Morgan fingerprint density at radius 3 is 2.76 bits per heavy atom. The minimum Gasteiger partial charge on any atom is -0.497 e. The van der Waals surface area contributed by atoms with Gasteiger partial charge in [-0.2, -0.15) is 0 Å². The third-order valence-electron chi connectivity index (χ3n) is 2.78. The molecule has 1 aromatic heterocycles. The van der Waals surface area contributed by atoms with Crippen LogP contribution >= 0.6 is 0 Å². The molecule has 90 valence electrons. The van der Waals surface area contributed by atoms with Gasteiger partial charge in [0.1, 0.15) is 11.4 Å². The highest BCUT2D eigenvalue weighted by Gasteiger charge is 2.14. The van der Waals surface area contributed by atoms with Gasteiger partial charge in [0.15, 0.2) is 0 Å². The third kappa shape index (κ3) is 1.98. The SMILES string of the molecule is CCCn1c(C(=O)O)cc2ccc(OC)cc21. The number of carboxylic acid groups (broad SMARTS) is 1. The van der Waals surface area contributed by atoms with Crippen molar-refractivity contribution in [1.29, 1.82) is 0 Å². The standard InChI is InChI=1S/C13H15NO3/c1-3-6-14-11-8-10(17-2)5-4-9(11)7-12(14)13(15)16/h4-5,7-8H,3,6H2,1-2H3,(H,15,16). The summed E-state index contributed by atoms with van der Waals surface area (Å²) < 4.78 is 6.98. The molecule has 0 unspecified atom stereocenters. The Kier molecular flexibility index (Phi) is 3.04. The van der Waals surface area contributed by atoms with Crippen LogP contribution in [-0.4, -0.2) is 22.8 Å². The van der Waals surface area contributed by atoms with Crippen LogP contribution in [0.2, 0.25) is 0 Å². The highest BCUT2D eigenvalue weighted by Crippen LogP contribution is 2.25. The lowest BCUT2D eigenvalue weighted by Gasteiger charge is -2.07. The molecule has 2 aromatic rings. The summed E-state index contributed by atoms with van der Waals surface area (Å²) in [7, 11) is 1.60. The molecule has 0 spiro atoms. The molecule has 4 nitrogen and oxygen atoms in total. The fourth-order valence-corrected chi connectivity index (χ4v) is 2.00. The number of aryl methyl sites for hydroxylation is 1. The van der Waals surface area contributed by atoms with Crippen molar-refractivity contribution >= 4 is 16.9 Å². The largest absolute Gasteiger partial charge is 0.497 e. The zero-order valence-electron chi connectivity index (χ0n) is 9.93. The number of methoxy groups -OCH3 is 1. The summed E-state index contributed by atoms with van der Waals surface area (Å²) in [6.45, 7) is 2.72. The summed E-state index contributed by atoms with van der Waals surface area (Å²) in [4.78, 5) is 11.2. The Morgan fingerprint density at radius 1 is 1.41 bits per heavy atom. The molecule has 0 aliphatic heterocycles. The molecule has 0 aliphatic rings. The summed E-state index contributed by atoms with van der Waals surface area (Å²) >= 11 is 0. The van der Waals surface area contributed by atoms with E-state index in [4.69, 9.17) is 9.84 Å². The van der Waals surface area contributed by atoms with E-state index in [1.165, 1.54) is 0 Å². The first-order chi connectivity index (χ1) is 8.17. The molecule has 1 heterocycles. The summed E-state index contributed by atoms with van der Waals surface area (Å²) in [5, 5.41) is 10.1. The lowest BCUT2D eigenvalue weighted by molar-refractivity contribution is 0.0685. The number of ether oxygens (including phenoxy) is 1.